The Bertz CT molecular complexity index is 1380. The van der Waals surface area contributed by atoms with Crippen molar-refractivity contribution in [2.75, 3.05) is 19.0 Å². The molecule has 3 aromatic carbocycles. The predicted molar refractivity (Wildman–Crippen MR) is 131 cm³/mol. The molecular formula is C24H23N3O4S2. The Hall–Kier alpha value is -3.27. The number of hydrogen-bond acceptors (Lipinski definition) is 6. The van der Waals surface area contributed by atoms with Gasteiger partial charge in [0.2, 0.25) is 15.9 Å². The number of fused-ring (bicyclic) bond motifs is 1. The summed E-state index contributed by atoms with van der Waals surface area (Å²) in [7, 11) is -2.19. The zero-order valence-electron chi connectivity index (χ0n) is 18.2. The smallest absolute Gasteiger partial charge is 0.240 e. The largest absolute Gasteiger partial charge is 0.497 e. The van der Waals surface area contributed by atoms with Crippen LogP contribution in [-0.4, -0.2) is 33.0 Å². The average Bonchev–Trinajstić information content (AvgIpc) is 3.22. The number of ether oxygens (including phenoxy) is 1. The molecule has 1 amide bonds. The fourth-order valence-corrected chi connectivity index (χ4v) is 5.31. The highest BCUT2D eigenvalue weighted by molar-refractivity contribution is 7.89. The van der Waals surface area contributed by atoms with Gasteiger partial charge in [-0.05, 0) is 73.2 Å². The Kier molecular flexibility index (Phi) is 6.73. The number of carbonyl (C=O) groups excluding carboxylic acids is 1. The highest BCUT2D eigenvalue weighted by Gasteiger charge is 2.14. The first-order valence-electron chi connectivity index (χ1n) is 10.3. The maximum absolute atomic E-state index is 12.3. The molecule has 0 atom stereocenters. The topological polar surface area (TPSA) is 97.4 Å². The van der Waals surface area contributed by atoms with Gasteiger partial charge in [0, 0.05) is 24.2 Å². The van der Waals surface area contributed by atoms with Crippen LogP contribution in [0.15, 0.2) is 71.6 Å². The highest BCUT2D eigenvalue weighted by atomic mass is 32.2. The molecule has 4 aromatic rings. The van der Waals surface area contributed by atoms with Crippen molar-refractivity contribution < 1.29 is 17.9 Å². The minimum atomic E-state index is -3.70. The number of thiazole rings is 1. The van der Waals surface area contributed by atoms with Crippen LogP contribution in [-0.2, 0) is 14.8 Å². The lowest BCUT2D eigenvalue weighted by atomic mass is 10.2. The molecule has 0 aliphatic carbocycles. The Morgan fingerprint density at radius 2 is 1.76 bits per heavy atom. The van der Waals surface area contributed by atoms with Crippen molar-refractivity contribution in [2.45, 2.75) is 18.2 Å². The summed E-state index contributed by atoms with van der Waals surface area (Å²) in [6.07, 6.45) is 0.00829. The molecule has 1 aromatic heterocycles. The number of sulfonamides is 1. The molecule has 0 saturated heterocycles. The lowest BCUT2D eigenvalue weighted by Gasteiger charge is -2.08. The standard InChI is InChI=1S/C24H23N3O4S2/c1-16-3-12-21-22(15-16)32-24(27-21)17-4-6-18(7-5-17)26-23(28)13-14-25-33(29,30)20-10-8-19(31-2)9-11-20/h3-12,15,25H,13-14H2,1-2H3,(H,26,28). The second-order valence-electron chi connectivity index (χ2n) is 7.44. The van der Waals surface area contributed by atoms with Gasteiger partial charge in [-0.3, -0.25) is 4.79 Å². The van der Waals surface area contributed by atoms with Crippen molar-refractivity contribution in [2.24, 2.45) is 0 Å². The van der Waals surface area contributed by atoms with Crippen LogP contribution in [0, 0.1) is 6.92 Å². The molecule has 0 bridgehead atoms. The summed E-state index contributed by atoms with van der Waals surface area (Å²) in [5, 5.41) is 3.71. The fraction of sp³-hybridized carbons (Fsp3) is 0.167. The summed E-state index contributed by atoms with van der Waals surface area (Å²) in [4.78, 5) is 17.0. The van der Waals surface area contributed by atoms with Crippen molar-refractivity contribution in [1.29, 1.82) is 0 Å². The van der Waals surface area contributed by atoms with E-state index in [1.54, 1.807) is 23.5 Å². The first-order valence-corrected chi connectivity index (χ1v) is 12.6. The zero-order valence-corrected chi connectivity index (χ0v) is 19.8. The van der Waals surface area contributed by atoms with E-state index in [1.807, 2.05) is 36.4 Å². The van der Waals surface area contributed by atoms with Gasteiger partial charge in [0.1, 0.15) is 10.8 Å². The van der Waals surface area contributed by atoms with E-state index in [-0.39, 0.29) is 23.8 Å². The first-order chi connectivity index (χ1) is 15.8. The molecule has 1 heterocycles. The number of benzene rings is 3. The minimum absolute atomic E-state index is 0.00829. The molecule has 0 saturated carbocycles. The number of methoxy groups -OCH3 is 1. The average molecular weight is 482 g/mol. The van der Waals surface area contributed by atoms with Crippen LogP contribution in [0.3, 0.4) is 0 Å². The maximum Gasteiger partial charge on any atom is 0.240 e. The molecule has 0 spiro atoms. The molecule has 9 heteroatoms. The Labute approximate surface area is 196 Å². The van der Waals surface area contributed by atoms with Gasteiger partial charge in [0.05, 0.1) is 22.2 Å². The number of aromatic nitrogens is 1. The normalized spacial score (nSPS) is 11.5. The van der Waals surface area contributed by atoms with Crippen LogP contribution >= 0.6 is 11.3 Å². The second-order valence-corrected chi connectivity index (χ2v) is 10.2. The number of aryl methyl sites for hydroxylation is 1. The molecule has 0 aliphatic heterocycles. The molecule has 2 N–H and O–H groups in total. The van der Waals surface area contributed by atoms with Crippen LogP contribution < -0.4 is 14.8 Å². The van der Waals surface area contributed by atoms with E-state index >= 15 is 0 Å². The first kappa shape index (κ1) is 22.9. The summed E-state index contributed by atoms with van der Waals surface area (Å²) in [6.45, 7) is 2.05. The molecule has 0 unspecified atom stereocenters. The summed E-state index contributed by atoms with van der Waals surface area (Å²) in [5.74, 6) is 0.285. The lowest BCUT2D eigenvalue weighted by Crippen LogP contribution is -2.27. The lowest BCUT2D eigenvalue weighted by molar-refractivity contribution is -0.116. The Morgan fingerprint density at radius 1 is 1.03 bits per heavy atom. The molecule has 0 radical (unpaired) electrons. The van der Waals surface area contributed by atoms with Gasteiger partial charge in [0.25, 0.3) is 0 Å². The number of hydrogen-bond donors (Lipinski definition) is 2. The summed E-state index contributed by atoms with van der Waals surface area (Å²) in [6, 6.07) is 19.7. The van der Waals surface area contributed by atoms with E-state index in [1.165, 1.54) is 24.8 Å². The Morgan fingerprint density at radius 3 is 2.45 bits per heavy atom. The van der Waals surface area contributed by atoms with Crippen LogP contribution in [0.1, 0.15) is 12.0 Å². The number of nitrogens with one attached hydrogen (secondary N) is 2. The number of nitrogens with zero attached hydrogens (tertiary/aromatic N) is 1. The van der Waals surface area contributed by atoms with E-state index in [0.717, 1.165) is 20.8 Å². The third kappa shape index (κ3) is 5.57. The molecule has 33 heavy (non-hydrogen) atoms. The molecule has 4 rings (SSSR count). The summed E-state index contributed by atoms with van der Waals surface area (Å²) in [5.41, 5.74) is 3.77. The van der Waals surface area contributed by atoms with Gasteiger partial charge in [-0.25, -0.2) is 18.1 Å². The summed E-state index contributed by atoms with van der Waals surface area (Å²) >= 11 is 1.63. The summed E-state index contributed by atoms with van der Waals surface area (Å²) < 4.78 is 33.3. The van der Waals surface area contributed by atoms with Crippen molar-refractivity contribution in [1.82, 2.24) is 9.71 Å². The SMILES string of the molecule is COc1ccc(S(=O)(=O)NCCC(=O)Nc2ccc(-c3nc4ccc(C)cc4s3)cc2)cc1. The van der Waals surface area contributed by atoms with Crippen molar-refractivity contribution in [3.05, 3.63) is 72.3 Å². The fourth-order valence-electron chi connectivity index (χ4n) is 3.21. The van der Waals surface area contributed by atoms with Gasteiger partial charge >= 0.3 is 0 Å². The maximum atomic E-state index is 12.3. The third-order valence-corrected chi connectivity index (χ3v) is 7.52. The third-order valence-electron chi connectivity index (χ3n) is 4.97. The van der Waals surface area contributed by atoms with Gasteiger partial charge < -0.3 is 10.1 Å². The van der Waals surface area contributed by atoms with Gasteiger partial charge in [-0.1, -0.05) is 6.07 Å². The van der Waals surface area contributed by atoms with Crippen LogP contribution in [0.25, 0.3) is 20.8 Å². The van der Waals surface area contributed by atoms with Crippen molar-refractivity contribution in [3.8, 4) is 16.3 Å². The van der Waals surface area contributed by atoms with Crippen LogP contribution in [0.2, 0.25) is 0 Å². The van der Waals surface area contributed by atoms with E-state index in [2.05, 4.69) is 28.0 Å². The van der Waals surface area contributed by atoms with Crippen LogP contribution in [0.5, 0.6) is 5.75 Å². The van der Waals surface area contributed by atoms with Crippen LogP contribution in [0.4, 0.5) is 5.69 Å². The van der Waals surface area contributed by atoms with E-state index in [0.29, 0.717) is 11.4 Å². The highest BCUT2D eigenvalue weighted by Crippen LogP contribution is 2.31. The molecule has 170 valence electrons. The predicted octanol–water partition coefficient (Wildman–Crippen LogP) is 4.59. The number of rotatable bonds is 8. The van der Waals surface area contributed by atoms with Gasteiger partial charge in [-0.2, -0.15) is 0 Å². The van der Waals surface area contributed by atoms with Gasteiger partial charge in [-0.15, -0.1) is 11.3 Å². The zero-order chi connectivity index (χ0) is 23.4. The minimum Gasteiger partial charge on any atom is -0.497 e. The number of anilines is 1. The van der Waals surface area contributed by atoms with Crippen molar-refractivity contribution in [3.63, 3.8) is 0 Å². The molecule has 0 fully saturated rings. The number of carbonyl (C=O) groups is 1. The molecular weight excluding hydrogens is 458 g/mol. The Balaban J connectivity index is 1.32. The van der Waals surface area contributed by atoms with Crippen molar-refractivity contribution >= 4 is 43.2 Å². The van der Waals surface area contributed by atoms with E-state index in [4.69, 9.17) is 4.74 Å². The quantitative estimate of drug-likeness (QED) is 0.384. The second kappa shape index (κ2) is 9.70. The monoisotopic (exact) mass is 481 g/mol. The molecule has 7 nitrogen and oxygen atoms in total. The van der Waals surface area contributed by atoms with E-state index < -0.39 is 10.0 Å². The van der Waals surface area contributed by atoms with E-state index in [9.17, 15) is 13.2 Å². The molecule has 0 aliphatic rings. The van der Waals surface area contributed by atoms with Gasteiger partial charge in [0.15, 0.2) is 0 Å². The number of amides is 1.